The van der Waals surface area contributed by atoms with Crippen LogP contribution >= 0.6 is 27.5 Å². The van der Waals surface area contributed by atoms with Crippen molar-refractivity contribution >= 4 is 37.6 Å². The van der Waals surface area contributed by atoms with Crippen LogP contribution in [-0.4, -0.2) is 15.0 Å². The first-order valence-corrected chi connectivity index (χ1v) is 9.83. The first-order valence-electron chi connectivity index (χ1n) is 7.18. The summed E-state index contributed by atoms with van der Waals surface area (Å²) in [6.45, 7) is 4.44. The molecule has 0 aliphatic heterocycles. The first-order chi connectivity index (χ1) is 10.7. The molecular formula is C17H19BrClNO2S. The Hall–Kier alpha value is -0.880. The predicted molar refractivity (Wildman–Crippen MR) is 98.3 cm³/mol. The molecular weight excluding hydrogens is 398 g/mol. The maximum Gasteiger partial charge on any atom is 0.240 e. The van der Waals surface area contributed by atoms with Gasteiger partial charge in [0.15, 0.2) is 0 Å². The lowest BCUT2D eigenvalue weighted by Gasteiger charge is -2.25. The van der Waals surface area contributed by atoms with E-state index in [-0.39, 0.29) is 10.3 Å². The Balaban J connectivity index is 2.02. The summed E-state index contributed by atoms with van der Waals surface area (Å²) in [4.78, 5) is 0.223. The Labute approximate surface area is 151 Å². The molecule has 0 heterocycles. The van der Waals surface area contributed by atoms with Crippen LogP contribution in [0.15, 0.2) is 57.9 Å². The van der Waals surface area contributed by atoms with Gasteiger partial charge >= 0.3 is 0 Å². The highest BCUT2D eigenvalue weighted by Crippen LogP contribution is 2.23. The molecule has 23 heavy (non-hydrogen) atoms. The van der Waals surface area contributed by atoms with Crippen molar-refractivity contribution < 1.29 is 8.42 Å². The Bertz CT molecular complexity index is 756. The van der Waals surface area contributed by atoms with E-state index in [1.165, 1.54) is 17.7 Å². The van der Waals surface area contributed by atoms with E-state index in [2.05, 4.69) is 20.7 Å². The van der Waals surface area contributed by atoms with E-state index in [4.69, 9.17) is 11.6 Å². The molecule has 0 unspecified atom stereocenters. The van der Waals surface area contributed by atoms with Gasteiger partial charge in [-0.1, -0.05) is 53.5 Å². The minimum atomic E-state index is -3.53. The molecule has 124 valence electrons. The van der Waals surface area contributed by atoms with Gasteiger partial charge in [0.2, 0.25) is 10.0 Å². The molecule has 2 aromatic carbocycles. The van der Waals surface area contributed by atoms with Crippen molar-refractivity contribution in [1.82, 2.24) is 4.72 Å². The summed E-state index contributed by atoms with van der Waals surface area (Å²) in [5.41, 5.74) is 0.969. The largest absolute Gasteiger partial charge is 0.240 e. The molecule has 0 atom stereocenters. The lowest BCUT2D eigenvalue weighted by Crippen LogP contribution is -2.35. The third-order valence-corrected chi connectivity index (χ3v) is 5.66. The Morgan fingerprint density at radius 2 is 1.61 bits per heavy atom. The Morgan fingerprint density at radius 3 is 2.17 bits per heavy atom. The lowest BCUT2D eigenvalue weighted by molar-refractivity contribution is 0.361. The van der Waals surface area contributed by atoms with Crippen LogP contribution in [0.4, 0.5) is 0 Å². The van der Waals surface area contributed by atoms with Crippen LogP contribution in [0.2, 0.25) is 5.02 Å². The number of hydrogen-bond acceptors (Lipinski definition) is 2. The second-order valence-corrected chi connectivity index (χ2v) is 9.36. The maximum atomic E-state index is 12.3. The van der Waals surface area contributed by atoms with Crippen molar-refractivity contribution in [2.24, 2.45) is 5.41 Å². The van der Waals surface area contributed by atoms with Crippen LogP contribution in [0.25, 0.3) is 0 Å². The lowest BCUT2D eigenvalue weighted by atomic mass is 9.86. The van der Waals surface area contributed by atoms with Gasteiger partial charge in [-0.3, -0.25) is 0 Å². The topological polar surface area (TPSA) is 46.2 Å². The summed E-state index contributed by atoms with van der Waals surface area (Å²) in [5, 5.41) is 0.513. The minimum absolute atomic E-state index is 0.201. The molecule has 0 radical (unpaired) electrons. The molecule has 2 rings (SSSR count). The van der Waals surface area contributed by atoms with Gasteiger partial charge < -0.3 is 0 Å². The number of sulfonamides is 1. The number of halogens is 2. The summed E-state index contributed by atoms with van der Waals surface area (Å²) in [7, 11) is -3.53. The fourth-order valence-electron chi connectivity index (χ4n) is 2.20. The molecule has 0 aromatic heterocycles. The second kappa shape index (κ2) is 7.34. The van der Waals surface area contributed by atoms with E-state index in [0.717, 1.165) is 10.9 Å². The van der Waals surface area contributed by atoms with Gasteiger partial charge in [0.1, 0.15) is 0 Å². The third-order valence-electron chi connectivity index (χ3n) is 3.46. The van der Waals surface area contributed by atoms with Crippen LogP contribution in [0.3, 0.4) is 0 Å². The van der Waals surface area contributed by atoms with Crippen LogP contribution in [-0.2, 0) is 16.4 Å². The normalized spacial score (nSPS) is 12.3. The molecule has 0 saturated heterocycles. The second-order valence-electron chi connectivity index (χ2n) is 6.25. The van der Waals surface area contributed by atoms with Gasteiger partial charge in [-0.2, -0.15) is 0 Å². The van der Waals surface area contributed by atoms with Crippen molar-refractivity contribution in [3.8, 4) is 0 Å². The SMILES string of the molecule is CC(C)(CNS(=O)(=O)c1ccc(Cl)cc1)Cc1ccc(Br)cc1. The molecule has 0 fully saturated rings. The minimum Gasteiger partial charge on any atom is -0.211 e. The van der Waals surface area contributed by atoms with Crippen molar-refractivity contribution in [2.45, 2.75) is 25.2 Å². The number of rotatable bonds is 6. The highest BCUT2D eigenvalue weighted by Gasteiger charge is 2.22. The van der Waals surface area contributed by atoms with Gasteiger partial charge in [-0.15, -0.1) is 0 Å². The number of hydrogen-bond donors (Lipinski definition) is 1. The summed E-state index contributed by atoms with van der Waals surface area (Å²) >= 11 is 9.21. The Morgan fingerprint density at radius 1 is 1.04 bits per heavy atom. The van der Waals surface area contributed by atoms with E-state index < -0.39 is 10.0 Å². The fourth-order valence-corrected chi connectivity index (χ4v) is 3.84. The standard InChI is InChI=1S/C17H19BrClNO2S/c1-17(2,11-13-3-5-14(18)6-4-13)12-20-23(21,22)16-9-7-15(19)8-10-16/h3-10,20H,11-12H2,1-2H3. The van der Waals surface area contributed by atoms with E-state index in [1.54, 1.807) is 12.1 Å². The van der Waals surface area contributed by atoms with Crippen LogP contribution in [0, 0.1) is 5.41 Å². The zero-order chi connectivity index (χ0) is 17.1. The Kier molecular flexibility index (Phi) is 5.89. The highest BCUT2D eigenvalue weighted by molar-refractivity contribution is 9.10. The van der Waals surface area contributed by atoms with Crippen molar-refractivity contribution in [2.75, 3.05) is 6.54 Å². The molecule has 3 nitrogen and oxygen atoms in total. The summed E-state index contributed by atoms with van der Waals surface area (Å²) < 4.78 is 28.4. The average molecular weight is 417 g/mol. The highest BCUT2D eigenvalue weighted by atomic mass is 79.9. The first kappa shape index (κ1) is 18.5. The zero-order valence-electron chi connectivity index (χ0n) is 13.0. The molecule has 1 N–H and O–H groups in total. The molecule has 2 aromatic rings. The molecule has 0 bridgehead atoms. The summed E-state index contributed by atoms with van der Waals surface area (Å²) in [6, 6.07) is 14.2. The van der Waals surface area contributed by atoms with Gasteiger partial charge in [0, 0.05) is 16.0 Å². The molecule has 6 heteroatoms. The molecule has 0 saturated carbocycles. The zero-order valence-corrected chi connectivity index (χ0v) is 16.2. The van der Waals surface area contributed by atoms with E-state index >= 15 is 0 Å². The van der Waals surface area contributed by atoms with Crippen LogP contribution < -0.4 is 4.72 Å². The van der Waals surface area contributed by atoms with Gasteiger partial charge in [0.05, 0.1) is 4.90 Å². The van der Waals surface area contributed by atoms with Crippen molar-refractivity contribution in [1.29, 1.82) is 0 Å². The average Bonchev–Trinajstić information content (AvgIpc) is 2.48. The maximum absolute atomic E-state index is 12.3. The van der Waals surface area contributed by atoms with Crippen molar-refractivity contribution in [3.63, 3.8) is 0 Å². The number of nitrogens with one attached hydrogen (secondary N) is 1. The van der Waals surface area contributed by atoms with E-state index in [0.29, 0.717) is 11.6 Å². The monoisotopic (exact) mass is 415 g/mol. The molecule has 0 aliphatic rings. The quantitative estimate of drug-likeness (QED) is 0.745. The van der Waals surface area contributed by atoms with Crippen LogP contribution in [0.5, 0.6) is 0 Å². The van der Waals surface area contributed by atoms with Gasteiger partial charge in [-0.05, 0) is 53.8 Å². The molecule has 0 spiro atoms. The van der Waals surface area contributed by atoms with Crippen molar-refractivity contribution in [3.05, 3.63) is 63.6 Å². The smallest absolute Gasteiger partial charge is 0.211 e. The third kappa shape index (κ3) is 5.60. The summed E-state index contributed by atoms with van der Waals surface area (Å²) in [6.07, 6.45) is 0.781. The molecule has 0 amide bonds. The van der Waals surface area contributed by atoms with Crippen LogP contribution in [0.1, 0.15) is 19.4 Å². The number of benzene rings is 2. The van der Waals surface area contributed by atoms with E-state index in [9.17, 15) is 8.42 Å². The summed E-state index contributed by atoms with van der Waals surface area (Å²) in [5.74, 6) is 0. The van der Waals surface area contributed by atoms with Gasteiger partial charge in [0.25, 0.3) is 0 Å². The fraction of sp³-hybridized carbons (Fsp3) is 0.294. The molecule has 0 aliphatic carbocycles. The van der Waals surface area contributed by atoms with E-state index in [1.807, 2.05) is 38.1 Å². The predicted octanol–water partition coefficient (Wildman–Crippen LogP) is 4.65. The van der Waals surface area contributed by atoms with Gasteiger partial charge in [-0.25, -0.2) is 13.1 Å².